The van der Waals surface area contributed by atoms with E-state index in [2.05, 4.69) is 6.92 Å². The zero-order valence-electron chi connectivity index (χ0n) is 4.55. The minimum Gasteiger partial charge on any atom is -0.476 e. The molecule has 3 nitrogen and oxygen atoms in total. The molecule has 0 aromatic rings. The Kier molecular flexibility index (Phi) is 7.22. The Bertz CT molecular complexity index is 94.0. The van der Waals surface area contributed by atoms with E-state index in [4.69, 9.17) is 0 Å². The summed E-state index contributed by atoms with van der Waals surface area (Å²) < 4.78 is 0. The van der Waals surface area contributed by atoms with Crippen LogP contribution in [-0.2, 0) is 42.3 Å². The second-order valence-electron chi connectivity index (χ2n) is 1.04. The summed E-state index contributed by atoms with van der Waals surface area (Å²) in [6, 6.07) is 0. The minimum absolute atomic E-state index is 0. The summed E-state index contributed by atoms with van der Waals surface area (Å²) in [6.07, 6.45) is 1.34. The van der Waals surface area contributed by atoms with E-state index in [0.29, 0.717) is 0 Å². The molecule has 8 heavy (non-hydrogen) atoms. The summed E-state index contributed by atoms with van der Waals surface area (Å²) in [7, 11) is 1.29. The Morgan fingerprint density at radius 3 is 2.12 bits per heavy atom. The summed E-state index contributed by atoms with van der Waals surface area (Å²) in [5.74, 6) is -0.546. The summed E-state index contributed by atoms with van der Waals surface area (Å²) in [6.45, 7) is 2.93. The predicted octanol–water partition coefficient (Wildman–Crippen LogP) is -0.656. The minimum atomic E-state index is -0.546. The number of nitrogens with zero attached hydrogens (tertiary/aromatic N) is 1. The second kappa shape index (κ2) is 5.25. The Morgan fingerprint density at radius 1 is 1.75 bits per heavy atom. The quantitative estimate of drug-likeness (QED) is 0.404. The molecule has 0 rings (SSSR count). The van der Waals surface area contributed by atoms with Crippen LogP contribution in [0.25, 0.3) is 0 Å². The van der Waals surface area contributed by atoms with Crippen LogP contribution in [0.2, 0.25) is 0 Å². The number of amides is 2. The van der Waals surface area contributed by atoms with Gasteiger partial charge in [-0.1, -0.05) is 5.91 Å². The van der Waals surface area contributed by atoms with Gasteiger partial charge in [-0.05, 0) is 7.05 Å². The van der Waals surface area contributed by atoms with Gasteiger partial charge in [0.15, 0.2) is 0 Å². The van der Waals surface area contributed by atoms with Crippen molar-refractivity contribution < 1.29 is 42.3 Å². The van der Waals surface area contributed by atoms with Crippen LogP contribution in [0.1, 0.15) is 0 Å². The van der Waals surface area contributed by atoms with E-state index in [1.807, 2.05) is 0 Å². The first-order valence-corrected chi connectivity index (χ1v) is 1.66. The van der Waals surface area contributed by atoms with Crippen molar-refractivity contribution in [3.8, 4) is 0 Å². The van der Waals surface area contributed by atoms with E-state index in [1.165, 1.54) is 13.5 Å². The third kappa shape index (κ3) is 4.28. The van der Waals surface area contributed by atoms with Crippen LogP contribution >= 0.6 is 0 Å². The number of hydrogen-bond acceptors (Lipinski definition) is 2. The molecule has 4 heteroatoms. The van der Waals surface area contributed by atoms with Gasteiger partial charge >= 0.3 is 0 Å². The molecule has 0 fully saturated rings. The Hall–Kier alpha value is 0.114. The van der Waals surface area contributed by atoms with E-state index >= 15 is 0 Å². The summed E-state index contributed by atoms with van der Waals surface area (Å²) in [5.41, 5.74) is 0. The van der Waals surface area contributed by atoms with Crippen molar-refractivity contribution in [2.75, 3.05) is 7.05 Å². The van der Waals surface area contributed by atoms with Gasteiger partial charge in [-0.15, -0.1) is 0 Å². The van der Waals surface area contributed by atoms with E-state index in [9.17, 15) is 9.59 Å². The van der Waals surface area contributed by atoms with Gasteiger partial charge in [-0.25, -0.2) is 0 Å². The van der Waals surface area contributed by atoms with E-state index in [0.717, 1.165) is 4.90 Å². The van der Waals surface area contributed by atoms with E-state index < -0.39 is 5.91 Å². The van der Waals surface area contributed by atoms with Gasteiger partial charge in [0, 0.05) is 32.7 Å². The van der Waals surface area contributed by atoms with Crippen molar-refractivity contribution in [2.45, 2.75) is 0 Å². The van der Waals surface area contributed by atoms with Gasteiger partial charge in [0.05, 0.1) is 6.41 Å². The molecular weight excluding hydrogens is 183 g/mol. The Labute approximate surface area is 73.3 Å². The molecule has 0 aliphatic carbocycles. The van der Waals surface area contributed by atoms with Gasteiger partial charge in [0.2, 0.25) is 0 Å². The molecule has 0 aliphatic heterocycles. The molecule has 0 saturated carbocycles. The smallest absolute Gasteiger partial charge is 0.0719 e. The Balaban J connectivity index is 0. The molecule has 43 valence electrons. The first-order valence-electron chi connectivity index (χ1n) is 1.66. The molecule has 0 aromatic heterocycles. The number of carbonyl (C=O) groups excluding carboxylic acids is 2. The SMILES string of the molecule is [CH2-]C(=O)N(C)[C-]=O.[Y]. The van der Waals surface area contributed by atoms with Crippen molar-refractivity contribution in [1.82, 2.24) is 4.90 Å². The Morgan fingerprint density at radius 2 is 2.12 bits per heavy atom. The zero-order chi connectivity index (χ0) is 5.86. The molecule has 0 aromatic carbocycles. The van der Waals surface area contributed by atoms with Crippen LogP contribution in [0.15, 0.2) is 0 Å². The van der Waals surface area contributed by atoms with Crippen molar-refractivity contribution in [3.05, 3.63) is 6.92 Å². The maximum Gasteiger partial charge on any atom is 0.0719 e. The molecule has 2 amide bonds. The molecule has 1 radical (unpaired) electrons. The molecule has 0 atom stereocenters. The fourth-order valence-electron chi connectivity index (χ4n) is 0.0509. The summed E-state index contributed by atoms with van der Waals surface area (Å²) >= 11 is 0. The number of rotatable bonds is 1. The zero-order valence-corrected chi connectivity index (χ0v) is 7.39. The van der Waals surface area contributed by atoms with Crippen LogP contribution in [-0.4, -0.2) is 24.3 Å². The first kappa shape index (κ1) is 11.0. The third-order valence-electron chi connectivity index (χ3n) is 0.511. The molecule has 0 heterocycles. The monoisotopic (exact) mass is 188 g/mol. The average Bonchev–Trinajstić information content (AvgIpc) is 1.65. The fraction of sp³-hybridized carbons (Fsp3) is 0.250. The van der Waals surface area contributed by atoms with Gasteiger partial charge < -0.3 is 21.4 Å². The summed E-state index contributed by atoms with van der Waals surface area (Å²) in [5, 5.41) is 0. The molecule has 0 N–H and O–H groups in total. The van der Waals surface area contributed by atoms with Crippen molar-refractivity contribution in [1.29, 1.82) is 0 Å². The molecule has 0 aliphatic rings. The normalized spacial score (nSPS) is 6.62. The molecule has 0 unspecified atom stereocenters. The fourth-order valence-corrected chi connectivity index (χ4v) is 0.0509. The molecular formula is C4H5NO2Y-2. The average molecular weight is 188 g/mol. The molecule has 0 saturated heterocycles. The summed E-state index contributed by atoms with van der Waals surface area (Å²) in [4.78, 5) is 20.1. The molecule has 0 bridgehead atoms. The number of carbonyl (C=O) groups is 1. The van der Waals surface area contributed by atoms with Crippen molar-refractivity contribution in [3.63, 3.8) is 0 Å². The largest absolute Gasteiger partial charge is 0.476 e. The maximum atomic E-state index is 9.93. The number of hydrogen-bond donors (Lipinski definition) is 0. The maximum absolute atomic E-state index is 9.93. The van der Waals surface area contributed by atoms with Crippen LogP contribution < -0.4 is 0 Å². The topological polar surface area (TPSA) is 37.4 Å². The second-order valence-corrected chi connectivity index (χ2v) is 1.04. The van der Waals surface area contributed by atoms with Crippen LogP contribution in [0, 0.1) is 6.92 Å². The molecule has 0 spiro atoms. The van der Waals surface area contributed by atoms with Gasteiger partial charge in [0.25, 0.3) is 0 Å². The third-order valence-corrected chi connectivity index (χ3v) is 0.511. The van der Waals surface area contributed by atoms with E-state index in [1.54, 1.807) is 0 Å². The van der Waals surface area contributed by atoms with Crippen molar-refractivity contribution in [2.24, 2.45) is 0 Å². The standard InChI is InChI=1S/C4H5NO2.Y/c1-4(7)5(2)3-6;/h1H2,2H3;/q-2;. The van der Waals surface area contributed by atoms with Crippen LogP contribution in [0.3, 0.4) is 0 Å². The first-order chi connectivity index (χ1) is 3.18. The van der Waals surface area contributed by atoms with Gasteiger partial charge in [-0.2, -0.15) is 0 Å². The van der Waals surface area contributed by atoms with Crippen LogP contribution in [0.5, 0.6) is 0 Å². The van der Waals surface area contributed by atoms with E-state index in [-0.39, 0.29) is 32.7 Å². The number of imide groups is 1. The van der Waals surface area contributed by atoms with Crippen LogP contribution in [0.4, 0.5) is 0 Å². The predicted molar refractivity (Wildman–Crippen MR) is 23.8 cm³/mol. The van der Waals surface area contributed by atoms with Gasteiger partial charge in [0.1, 0.15) is 0 Å². The van der Waals surface area contributed by atoms with Crippen molar-refractivity contribution >= 4 is 12.3 Å². The van der Waals surface area contributed by atoms with Gasteiger partial charge in [-0.3, -0.25) is 0 Å².